The molecule has 2 aromatic heterocycles. The molecule has 0 spiro atoms. The Kier molecular flexibility index (Phi) is 3.12. The van der Waals surface area contributed by atoms with Gasteiger partial charge in [-0.05, 0) is 18.3 Å². The molecule has 0 unspecified atom stereocenters. The van der Waals surface area contributed by atoms with Crippen molar-refractivity contribution < 1.29 is 4.42 Å². The monoisotopic (exact) mass is 260 g/mol. The molecule has 0 bridgehead atoms. The van der Waals surface area contributed by atoms with Crippen molar-refractivity contribution in [3.63, 3.8) is 0 Å². The summed E-state index contributed by atoms with van der Waals surface area (Å²) in [4.78, 5) is 8.79. The highest BCUT2D eigenvalue weighted by Gasteiger charge is 2.28. The summed E-state index contributed by atoms with van der Waals surface area (Å²) in [6, 6.07) is 0. The molecule has 1 aliphatic carbocycles. The minimum atomic E-state index is 0.370. The van der Waals surface area contributed by atoms with E-state index in [0.29, 0.717) is 22.8 Å². The number of oxazole rings is 1. The Morgan fingerprint density at radius 2 is 2.05 bits per heavy atom. The second kappa shape index (κ2) is 4.79. The van der Waals surface area contributed by atoms with Crippen molar-refractivity contribution in [2.24, 2.45) is 5.41 Å². The summed E-state index contributed by atoms with van der Waals surface area (Å²) in [5, 5.41) is 7.28. The summed E-state index contributed by atoms with van der Waals surface area (Å²) < 4.78 is 5.19. The van der Waals surface area contributed by atoms with E-state index in [2.05, 4.69) is 27.1 Å². The molecule has 19 heavy (non-hydrogen) atoms. The van der Waals surface area contributed by atoms with E-state index < -0.39 is 0 Å². The van der Waals surface area contributed by atoms with E-state index in [1.165, 1.54) is 32.1 Å². The third-order valence-corrected chi connectivity index (χ3v) is 4.03. The van der Waals surface area contributed by atoms with Gasteiger partial charge >= 0.3 is 0 Å². The van der Waals surface area contributed by atoms with Crippen LogP contribution in [0.5, 0.6) is 0 Å². The first-order valence-electron chi connectivity index (χ1n) is 6.98. The molecule has 1 saturated carbocycles. The van der Waals surface area contributed by atoms with Gasteiger partial charge in [-0.25, -0.2) is 9.97 Å². The van der Waals surface area contributed by atoms with Gasteiger partial charge in [0, 0.05) is 13.3 Å². The van der Waals surface area contributed by atoms with Gasteiger partial charge in [0.1, 0.15) is 17.8 Å². The van der Waals surface area contributed by atoms with Crippen molar-refractivity contribution in [1.82, 2.24) is 20.2 Å². The van der Waals surface area contributed by atoms with Gasteiger partial charge in [-0.3, -0.25) is 5.10 Å². The molecule has 0 amide bonds. The third kappa shape index (κ3) is 2.69. The van der Waals surface area contributed by atoms with Crippen LogP contribution in [0.15, 0.2) is 10.7 Å². The van der Waals surface area contributed by atoms with Crippen LogP contribution in [0.4, 0.5) is 0 Å². The van der Waals surface area contributed by atoms with Crippen LogP contribution in [0.25, 0.3) is 11.5 Å². The number of rotatable bonds is 3. The molecule has 1 fully saturated rings. The molecule has 0 aliphatic heterocycles. The summed E-state index contributed by atoms with van der Waals surface area (Å²) in [5.41, 5.74) is 1.07. The molecule has 1 aliphatic rings. The summed E-state index contributed by atoms with van der Waals surface area (Å²) in [6.45, 7) is 4.18. The number of aryl methyl sites for hydroxylation is 1. The Morgan fingerprint density at radius 1 is 1.26 bits per heavy atom. The smallest absolute Gasteiger partial charge is 0.203 e. The predicted molar refractivity (Wildman–Crippen MR) is 71.5 cm³/mol. The zero-order valence-corrected chi connectivity index (χ0v) is 11.6. The van der Waals surface area contributed by atoms with E-state index >= 15 is 0 Å². The first-order valence-corrected chi connectivity index (χ1v) is 6.98. The number of aromatic amines is 1. The fraction of sp³-hybridized carbons (Fsp3) is 0.643. The van der Waals surface area contributed by atoms with Crippen LogP contribution in [0.2, 0.25) is 0 Å². The zero-order valence-electron chi connectivity index (χ0n) is 11.6. The first kappa shape index (κ1) is 12.4. The van der Waals surface area contributed by atoms with Crippen molar-refractivity contribution in [3.8, 4) is 11.5 Å². The molecule has 0 saturated heterocycles. The van der Waals surface area contributed by atoms with Crippen molar-refractivity contribution in [3.05, 3.63) is 18.0 Å². The Hall–Kier alpha value is -1.65. The number of aromatic nitrogens is 4. The molecule has 0 radical (unpaired) electrons. The third-order valence-electron chi connectivity index (χ3n) is 4.03. The standard InChI is InChI=1S/C14H20N4O/c1-10-15-11(9-19-10)13-16-12(17-18-13)8-14(2)6-4-3-5-7-14/h9H,3-8H2,1-2H3,(H,16,17,18). The van der Waals surface area contributed by atoms with Gasteiger partial charge in [0.25, 0.3) is 0 Å². The van der Waals surface area contributed by atoms with Gasteiger partial charge in [0.05, 0.1) is 0 Å². The van der Waals surface area contributed by atoms with E-state index in [-0.39, 0.29) is 0 Å². The van der Waals surface area contributed by atoms with E-state index in [1.807, 2.05) is 6.92 Å². The predicted octanol–water partition coefficient (Wildman–Crippen LogP) is 3.28. The van der Waals surface area contributed by atoms with Gasteiger partial charge in [-0.2, -0.15) is 5.10 Å². The molecule has 0 aromatic carbocycles. The maximum atomic E-state index is 5.19. The van der Waals surface area contributed by atoms with Crippen molar-refractivity contribution >= 4 is 0 Å². The Balaban J connectivity index is 1.74. The molecule has 1 N–H and O–H groups in total. The molecule has 102 valence electrons. The summed E-state index contributed by atoms with van der Waals surface area (Å²) >= 11 is 0. The number of nitrogens with zero attached hydrogens (tertiary/aromatic N) is 3. The van der Waals surface area contributed by atoms with Gasteiger partial charge in [0.2, 0.25) is 5.82 Å². The number of H-pyrrole nitrogens is 1. The van der Waals surface area contributed by atoms with Crippen molar-refractivity contribution in [2.75, 3.05) is 0 Å². The Morgan fingerprint density at radius 3 is 2.74 bits per heavy atom. The van der Waals surface area contributed by atoms with Gasteiger partial charge < -0.3 is 4.42 Å². The molecule has 5 heteroatoms. The second-order valence-electron chi connectivity index (χ2n) is 5.91. The quantitative estimate of drug-likeness (QED) is 0.919. The van der Waals surface area contributed by atoms with Crippen LogP contribution in [0.1, 0.15) is 50.7 Å². The van der Waals surface area contributed by atoms with Crippen molar-refractivity contribution in [2.45, 2.75) is 52.4 Å². The molecular weight excluding hydrogens is 240 g/mol. The SMILES string of the molecule is Cc1nc(-c2n[nH]c(CC3(C)CCCCC3)n2)co1. The fourth-order valence-corrected chi connectivity index (χ4v) is 2.94. The van der Waals surface area contributed by atoms with Crippen LogP contribution >= 0.6 is 0 Å². The maximum Gasteiger partial charge on any atom is 0.203 e. The molecule has 0 atom stereocenters. The number of hydrogen-bond acceptors (Lipinski definition) is 4. The van der Waals surface area contributed by atoms with Crippen LogP contribution in [-0.2, 0) is 6.42 Å². The van der Waals surface area contributed by atoms with E-state index in [1.54, 1.807) is 6.26 Å². The lowest BCUT2D eigenvalue weighted by Gasteiger charge is -2.32. The van der Waals surface area contributed by atoms with Gasteiger partial charge in [-0.15, -0.1) is 0 Å². The highest BCUT2D eigenvalue weighted by Crippen LogP contribution is 2.38. The van der Waals surface area contributed by atoms with E-state index in [9.17, 15) is 0 Å². The number of nitrogens with one attached hydrogen (secondary N) is 1. The fourth-order valence-electron chi connectivity index (χ4n) is 2.94. The summed E-state index contributed by atoms with van der Waals surface area (Å²) in [6.07, 6.45) is 9.18. The topological polar surface area (TPSA) is 67.6 Å². The Bertz CT molecular complexity index is 551. The maximum absolute atomic E-state index is 5.19. The normalized spacial score (nSPS) is 18.6. The van der Waals surface area contributed by atoms with Crippen LogP contribution in [0, 0.1) is 12.3 Å². The highest BCUT2D eigenvalue weighted by molar-refractivity contribution is 5.46. The lowest BCUT2D eigenvalue weighted by atomic mass is 9.73. The largest absolute Gasteiger partial charge is 0.449 e. The molecule has 5 nitrogen and oxygen atoms in total. The van der Waals surface area contributed by atoms with Crippen LogP contribution < -0.4 is 0 Å². The molecule has 2 heterocycles. The lowest BCUT2D eigenvalue weighted by Crippen LogP contribution is -2.23. The van der Waals surface area contributed by atoms with Gasteiger partial charge in [-0.1, -0.05) is 26.2 Å². The number of hydrogen-bond donors (Lipinski definition) is 1. The molecular formula is C14H20N4O. The lowest BCUT2D eigenvalue weighted by molar-refractivity contribution is 0.211. The average Bonchev–Trinajstić information content (AvgIpc) is 2.98. The summed E-state index contributed by atoms with van der Waals surface area (Å²) in [5.74, 6) is 2.23. The van der Waals surface area contributed by atoms with E-state index in [0.717, 1.165) is 12.2 Å². The minimum Gasteiger partial charge on any atom is -0.449 e. The van der Waals surface area contributed by atoms with Crippen LogP contribution in [-0.4, -0.2) is 20.2 Å². The zero-order chi connectivity index (χ0) is 13.3. The van der Waals surface area contributed by atoms with Gasteiger partial charge in [0.15, 0.2) is 5.89 Å². The molecule has 2 aromatic rings. The summed E-state index contributed by atoms with van der Waals surface area (Å²) in [7, 11) is 0. The van der Waals surface area contributed by atoms with E-state index in [4.69, 9.17) is 4.42 Å². The average molecular weight is 260 g/mol. The molecule has 3 rings (SSSR count). The first-order chi connectivity index (χ1) is 9.15. The van der Waals surface area contributed by atoms with Crippen LogP contribution in [0.3, 0.4) is 0 Å². The second-order valence-corrected chi connectivity index (χ2v) is 5.91. The Labute approximate surface area is 112 Å². The van der Waals surface area contributed by atoms with Crippen molar-refractivity contribution in [1.29, 1.82) is 0 Å². The highest BCUT2D eigenvalue weighted by atomic mass is 16.3. The minimum absolute atomic E-state index is 0.370.